The van der Waals surface area contributed by atoms with Gasteiger partial charge < -0.3 is 10.0 Å². The molecule has 1 unspecified atom stereocenters. The van der Waals surface area contributed by atoms with Gasteiger partial charge in [-0.05, 0) is 25.3 Å². The van der Waals surface area contributed by atoms with Gasteiger partial charge in [-0.3, -0.25) is 10.1 Å². The van der Waals surface area contributed by atoms with E-state index in [0.717, 1.165) is 5.75 Å². The van der Waals surface area contributed by atoms with Crippen LogP contribution < -0.4 is 4.90 Å². The first-order valence-corrected chi connectivity index (χ1v) is 7.01. The van der Waals surface area contributed by atoms with Crippen molar-refractivity contribution in [3.05, 3.63) is 33.9 Å². The second kappa shape index (κ2) is 6.42. The molecular weight excluding hydrogens is 268 g/mol. The molecule has 0 bridgehead atoms. The fraction of sp³-hybridized carbons (Fsp3) is 0.417. The lowest BCUT2D eigenvalue weighted by molar-refractivity contribution is -0.385. The maximum atomic E-state index is 10.9. The van der Waals surface area contributed by atoms with Crippen molar-refractivity contribution in [1.29, 1.82) is 0 Å². The second-order valence-electron chi connectivity index (χ2n) is 4.18. The van der Waals surface area contributed by atoms with E-state index < -0.39 is 10.9 Å². The summed E-state index contributed by atoms with van der Waals surface area (Å²) >= 11 is 1.68. The molecule has 0 amide bonds. The van der Waals surface area contributed by atoms with Gasteiger partial charge in [0.2, 0.25) is 0 Å². The predicted octanol–water partition coefficient (Wildman–Crippen LogP) is 2.48. The first-order valence-electron chi connectivity index (χ1n) is 5.62. The van der Waals surface area contributed by atoms with Gasteiger partial charge in [0.1, 0.15) is 5.56 Å². The van der Waals surface area contributed by atoms with Gasteiger partial charge in [-0.1, -0.05) is 0 Å². The molecule has 7 heteroatoms. The zero-order valence-electron chi connectivity index (χ0n) is 11.0. The highest BCUT2D eigenvalue weighted by Gasteiger charge is 2.21. The summed E-state index contributed by atoms with van der Waals surface area (Å²) < 4.78 is 0. The largest absolute Gasteiger partial charge is 0.477 e. The molecule has 1 atom stereocenters. The Balaban J connectivity index is 3.15. The lowest BCUT2D eigenvalue weighted by Crippen LogP contribution is -2.30. The van der Waals surface area contributed by atoms with E-state index in [9.17, 15) is 14.9 Å². The van der Waals surface area contributed by atoms with Gasteiger partial charge in [0.25, 0.3) is 5.69 Å². The Hall–Kier alpha value is -1.76. The number of carboxylic acid groups (broad SMARTS) is 1. The van der Waals surface area contributed by atoms with Gasteiger partial charge in [-0.25, -0.2) is 4.79 Å². The summed E-state index contributed by atoms with van der Waals surface area (Å²) in [5, 5.41) is 19.8. The van der Waals surface area contributed by atoms with Gasteiger partial charge in [0.15, 0.2) is 0 Å². The van der Waals surface area contributed by atoms with Crippen LogP contribution in [0.3, 0.4) is 0 Å². The number of hydrogen-bond donors (Lipinski definition) is 1. The Kier molecular flexibility index (Phi) is 5.17. The molecule has 0 fully saturated rings. The zero-order valence-corrected chi connectivity index (χ0v) is 11.8. The number of rotatable bonds is 6. The molecule has 19 heavy (non-hydrogen) atoms. The van der Waals surface area contributed by atoms with Crippen LogP contribution in [0.1, 0.15) is 17.3 Å². The normalized spacial score (nSPS) is 11.9. The molecule has 0 heterocycles. The maximum Gasteiger partial charge on any atom is 0.342 e. The highest BCUT2D eigenvalue weighted by atomic mass is 32.2. The van der Waals surface area contributed by atoms with Crippen molar-refractivity contribution in [1.82, 2.24) is 0 Å². The topological polar surface area (TPSA) is 83.7 Å². The number of nitro benzene ring substituents is 1. The molecule has 0 saturated carbocycles. The van der Waals surface area contributed by atoms with Crippen LogP contribution in [0.15, 0.2) is 18.2 Å². The van der Waals surface area contributed by atoms with Crippen LogP contribution in [-0.2, 0) is 0 Å². The van der Waals surface area contributed by atoms with E-state index in [1.54, 1.807) is 17.8 Å². The Morgan fingerprint density at radius 1 is 1.58 bits per heavy atom. The summed E-state index contributed by atoms with van der Waals surface area (Å²) in [4.78, 5) is 23.1. The van der Waals surface area contributed by atoms with E-state index in [1.807, 2.05) is 25.1 Å². The van der Waals surface area contributed by atoms with E-state index in [2.05, 4.69) is 0 Å². The van der Waals surface area contributed by atoms with Crippen LogP contribution >= 0.6 is 11.8 Å². The fourth-order valence-electron chi connectivity index (χ4n) is 1.68. The molecule has 6 nitrogen and oxygen atoms in total. The maximum absolute atomic E-state index is 10.9. The number of carbonyl (C=O) groups is 1. The average molecular weight is 284 g/mol. The van der Waals surface area contributed by atoms with Crippen LogP contribution in [0, 0.1) is 10.1 Å². The number of anilines is 1. The molecule has 1 aromatic carbocycles. The van der Waals surface area contributed by atoms with Crippen molar-refractivity contribution in [2.24, 2.45) is 0 Å². The van der Waals surface area contributed by atoms with Crippen molar-refractivity contribution in [2.75, 3.05) is 24.0 Å². The molecule has 0 spiro atoms. The Morgan fingerprint density at radius 2 is 2.21 bits per heavy atom. The van der Waals surface area contributed by atoms with E-state index in [1.165, 1.54) is 12.1 Å². The smallest absolute Gasteiger partial charge is 0.342 e. The lowest BCUT2D eigenvalue weighted by atomic mass is 10.1. The minimum Gasteiger partial charge on any atom is -0.477 e. The number of carboxylic acids is 1. The van der Waals surface area contributed by atoms with Crippen LogP contribution in [-0.4, -0.2) is 41.1 Å². The molecule has 0 aliphatic heterocycles. The van der Waals surface area contributed by atoms with Crippen molar-refractivity contribution in [2.45, 2.75) is 13.0 Å². The SMILES string of the molecule is CSCC(C)N(C)c1ccc(C(=O)O)c([N+](=O)[O-])c1. The van der Waals surface area contributed by atoms with E-state index in [4.69, 9.17) is 5.11 Å². The number of nitro groups is 1. The van der Waals surface area contributed by atoms with Crippen LogP contribution in [0.25, 0.3) is 0 Å². The Bertz CT molecular complexity index is 493. The molecular formula is C12H16N2O4S. The number of hydrogen-bond acceptors (Lipinski definition) is 5. The highest BCUT2D eigenvalue weighted by Crippen LogP contribution is 2.26. The van der Waals surface area contributed by atoms with Gasteiger partial charge in [0, 0.05) is 30.6 Å². The van der Waals surface area contributed by atoms with Crippen LogP contribution in [0.5, 0.6) is 0 Å². The van der Waals surface area contributed by atoms with Crippen LogP contribution in [0.2, 0.25) is 0 Å². The third-order valence-corrected chi connectivity index (χ3v) is 3.70. The molecule has 104 valence electrons. The van der Waals surface area contributed by atoms with E-state index >= 15 is 0 Å². The quantitative estimate of drug-likeness (QED) is 0.638. The minimum absolute atomic E-state index is 0.199. The monoisotopic (exact) mass is 284 g/mol. The summed E-state index contributed by atoms with van der Waals surface area (Å²) in [7, 11) is 1.83. The summed E-state index contributed by atoms with van der Waals surface area (Å²) in [5.74, 6) is -0.414. The molecule has 0 aromatic heterocycles. The first kappa shape index (κ1) is 15.3. The second-order valence-corrected chi connectivity index (χ2v) is 5.09. The summed E-state index contributed by atoms with van der Waals surface area (Å²) in [6.45, 7) is 2.01. The Labute approximate surface area is 115 Å². The molecule has 0 aliphatic carbocycles. The van der Waals surface area contributed by atoms with Crippen molar-refractivity contribution in [3.8, 4) is 0 Å². The van der Waals surface area contributed by atoms with E-state index in [-0.39, 0.29) is 17.3 Å². The lowest BCUT2D eigenvalue weighted by Gasteiger charge is -2.26. The van der Waals surface area contributed by atoms with E-state index in [0.29, 0.717) is 5.69 Å². The van der Waals surface area contributed by atoms with Crippen LogP contribution in [0.4, 0.5) is 11.4 Å². The number of aromatic carboxylic acids is 1. The summed E-state index contributed by atoms with van der Waals surface area (Å²) in [6.07, 6.45) is 1.99. The molecule has 1 rings (SSSR count). The van der Waals surface area contributed by atoms with Gasteiger partial charge in [-0.2, -0.15) is 11.8 Å². The molecule has 0 radical (unpaired) electrons. The summed E-state index contributed by atoms with van der Waals surface area (Å²) in [6, 6.07) is 4.37. The average Bonchev–Trinajstić information content (AvgIpc) is 2.37. The third-order valence-electron chi connectivity index (χ3n) is 2.88. The van der Waals surface area contributed by atoms with Gasteiger partial charge >= 0.3 is 5.97 Å². The molecule has 0 aliphatic rings. The number of nitrogens with zero attached hydrogens (tertiary/aromatic N) is 2. The predicted molar refractivity (Wildman–Crippen MR) is 76.3 cm³/mol. The molecule has 0 saturated heterocycles. The number of thioether (sulfide) groups is 1. The molecule has 1 aromatic rings. The van der Waals surface area contributed by atoms with Crippen molar-refractivity contribution in [3.63, 3.8) is 0 Å². The van der Waals surface area contributed by atoms with Crippen molar-refractivity contribution < 1.29 is 14.8 Å². The highest BCUT2D eigenvalue weighted by molar-refractivity contribution is 7.98. The standard InChI is InChI=1S/C12H16N2O4S/c1-8(7-19-3)13(2)9-4-5-10(12(15)16)11(6-9)14(17)18/h4-6,8H,7H2,1-3H3,(H,15,16). The molecule has 1 N–H and O–H groups in total. The minimum atomic E-state index is -1.29. The summed E-state index contributed by atoms with van der Waals surface area (Å²) in [5.41, 5.74) is -0.0360. The first-order chi connectivity index (χ1) is 8.88. The third kappa shape index (κ3) is 3.60. The number of benzene rings is 1. The zero-order chi connectivity index (χ0) is 14.6. The van der Waals surface area contributed by atoms with Gasteiger partial charge in [-0.15, -0.1) is 0 Å². The van der Waals surface area contributed by atoms with Crippen molar-refractivity contribution >= 4 is 29.1 Å². The Morgan fingerprint density at radius 3 is 2.68 bits per heavy atom. The van der Waals surface area contributed by atoms with Gasteiger partial charge in [0.05, 0.1) is 4.92 Å². The fourth-order valence-corrected chi connectivity index (χ4v) is 2.38.